The second-order valence-corrected chi connectivity index (χ2v) is 6.45. The van der Waals surface area contributed by atoms with E-state index in [2.05, 4.69) is 22.2 Å². The number of aryl methyl sites for hydroxylation is 1. The predicted molar refractivity (Wildman–Crippen MR) is 109 cm³/mol. The molecule has 2 aromatic carbocycles. The van der Waals surface area contributed by atoms with Crippen LogP contribution in [0.2, 0.25) is 0 Å². The number of aldehydes is 1. The van der Waals surface area contributed by atoms with Gasteiger partial charge in [-0.3, -0.25) is 9.78 Å². The van der Waals surface area contributed by atoms with Gasteiger partial charge in [0.25, 0.3) is 0 Å². The molecule has 0 aliphatic heterocycles. The molecule has 0 spiro atoms. The smallest absolute Gasteiger partial charge is 0.150 e. The highest BCUT2D eigenvalue weighted by Gasteiger charge is 2.19. The minimum Gasteiger partial charge on any atom is -0.496 e. The standard InChI is InChI=1S/C23H20N2O2/c1-4-7-17-20(27-3)11-10-19-21(17)18-12-13-24-22(23(18)25(19)2)16-9-6-5-8-15(16)14-26/h4-6,8-14H,1,7H2,2-3H3. The molecule has 2 aromatic heterocycles. The van der Waals surface area contributed by atoms with Crippen LogP contribution in [-0.2, 0) is 13.5 Å². The lowest BCUT2D eigenvalue weighted by molar-refractivity contribution is 0.112. The van der Waals surface area contributed by atoms with E-state index in [-0.39, 0.29) is 0 Å². The van der Waals surface area contributed by atoms with Crippen molar-refractivity contribution in [2.24, 2.45) is 7.05 Å². The van der Waals surface area contributed by atoms with Crippen molar-refractivity contribution in [3.63, 3.8) is 0 Å². The molecule has 0 N–H and O–H groups in total. The Morgan fingerprint density at radius 1 is 1.19 bits per heavy atom. The van der Waals surface area contributed by atoms with E-state index < -0.39 is 0 Å². The Morgan fingerprint density at radius 2 is 2.00 bits per heavy atom. The molecule has 0 saturated carbocycles. The van der Waals surface area contributed by atoms with Crippen LogP contribution in [0.4, 0.5) is 0 Å². The minimum absolute atomic E-state index is 0.631. The average molecular weight is 356 g/mol. The Hall–Kier alpha value is -3.40. The molecular weight excluding hydrogens is 336 g/mol. The van der Waals surface area contributed by atoms with E-state index in [0.717, 1.165) is 50.7 Å². The van der Waals surface area contributed by atoms with Crippen molar-refractivity contribution in [2.75, 3.05) is 7.11 Å². The number of allylic oxidation sites excluding steroid dienone is 1. The lowest BCUT2D eigenvalue weighted by Crippen LogP contribution is -1.95. The van der Waals surface area contributed by atoms with Crippen molar-refractivity contribution < 1.29 is 9.53 Å². The van der Waals surface area contributed by atoms with Crippen LogP contribution in [0.5, 0.6) is 5.75 Å². The first-order valence-electron chi connectivity index (χ1n) is 8.79. The third-order valence-electron chi connectivity index (χ3n) is 5.05. The molecule has 0 unspecified atom stereocenters. The number of ether oxygens (including phenoxy) is 1. The third kappa shape index (κ3) is 2.53. The van der Waals surface area contributed by atoms with Crippen LogP contribution < -0.4 is 4.74 Å². The number of carbonyl (C=O) groups excluding carboxylic acids is 1. The number of fused-ring (bicyclic) bond motifs is 3. The van der Waals surface area contributed by atoms with Gasteiger partial charge >= 0.3 is 0 Å². The number of methoxy groups -OCH3 is 1. The highest BCUT2D eigenvalue weighted by atomic mass is 16.5. The summed E-state index contributed by atoms with van der Waals surface area (Å²) in [4.78, 5) is 16.2. The summed E-state index contributed by atoms with van der Waals surface area (Å²) >= 11 is 0. The Bertz CT molecular complexity index is 1190. The summed E-state index contributed by atoms with van der Waals surface area (Å²) in [6.45, 7) is 3.90. The lowest BCUT2D eigenvalue weighted by Gasteiger charge is -2.09. The maximum atomic E-state index is 11.6. The Labute approximate surface area is 157 Å². The maximum absolute atomic E-state index is 11.6. The summed E-state index contributed by atoms with van der Waals surface area (Å²) in [5.41, 5.74) is 5.47. The predicted octanol–water partition coefficient (Wildman–Crippen LogP) is 4.94. The quantitative estimate of drug-likeness (QED) is 0.376. The molecule has 0 saturated heterocycles. The number of carbonyl (C=O) groups is 1. The minimum atomic E-state index is 0.631. The molecule has 4 heteroatoms. The van der Waals surface area contributed by atoms with Crippen LogP contribution in [0.25, 0.3) is 33.1 Å². The number of aromatic nitrogens is 2. The van der Waals surface area contributed by atoms with Crippen molar-refractivity contribution in [3.8, 4) is 17.0 Å². The fourth-order valence-electron chi connectivity index (χ4n) is 3.86. The topological polar surface area (TPSA) is 44.1 Å². The number of rotatable bonds is 5. The highest BCUT2D eigenvalue weighted by molar-refractivity contribution is 6.14. The van der Waals surface area contributed by atoms with Gasteiger partial charge in [-0.2, -0.15) is 0 Å². The molecule has 0 radical (unpaired) electrons. The second-order valence-electron chi connectivity index (χ2n) is 6.45. The molecule has 0 fully saturated rings. The third-order valence-corrected chi connectivity index (χ3v) is 5.05. The van der Waals surface area contributed by atoms with E-state index in [9.17, 15) is 4.79 Å². The zero-order valence-electron chi connectivity index (χ0n) is 15.4. The molecule has 0 amide bonds. The summed E-state index contributed by atoms with van der Waals surface area (Å²) in [7, 11) is 3.72. The summed E-state index contributed by atoms with van der Waals surface area (Å²) in [6.07, 6.45) is 5.28. The lowest BCUT2D eigenvalue weighted by atomic mass is 10.0. The second kappa shape index (κ2) is 6.72. The Balaban J connectivity index is 2.17. The van der Waals surface area contributed by atoms with Crippen LogP contribution in [0.3, 0.4) is 0 Å². The molecule has 4 aromatic rings. The van der Waals surface area contributed by atoms with Gasteiger partial charge < -0.3 is 9.30 Å². The average Bonchev–Trinajstić information content (AvgIpc) is 3.01. The molecular formula is C23H20N2O2. The number of nitrogens with zero attached hydrogens (tertiary/aromatic N) is 2. The van der Waals surface area contributed by atoms with Gasteiger partial charge in [0.15, 0.2) is 6.29 Å². The summed E-state index contributed by atoms with van der Waals surface area (Å²) < 4.78 is 7.74. The van der Waals surface area contributed by atoms with E-state index in [0.29, 0.717) is 12.0 Å². The van der Waals surface area contributed by atoms with Crippen molar-refractivity contribution in [1.29, 1.82) is 0 Å². The Morgan fingerprint density at radius 3 is 2.74 bits per heavy atom. The zero-order chi connectivity index (χ0) is 19.0. The van der Waals surface area contributed by atoms with Crippen LogP contribution in [0.1, 0.15) is 15.9 Å². The van der Waals surface area contributed by atoms with Gasteiger partial charge in [0, 0.05) is 46.2 Å². The van der Waals surface area contributed by atoms with Crippen molar-refractivity contribution in [2.45, 2.75) is 6.42 Å². The maximum Gasteiger partial charge on any atom is 0.150 e. The van der Waals surface area contributed by atoms with Gasteiger partial charge in [-0.25, -0.2) is 0 Å². The van der Waals surface area contributed by atoms with E-state index >= 15 is 0 Å². The number of hydrogen-bond donors (Lipinski definition) is 0. The SMILES string of the molecule is C=CCc1c(OC)ccc2c1c1ccnc(-c3ccccc3C=O)c1n2C. The van der Waals surface area contributed by atoms with Crippen molar-refractivity contribution in [3.05, 3.63) is 72.4 Å². The fraction of sp³-hybridized carbons (Fsp3) is 0.130. The van der Waals surface area contributed by atoms with Crippen molar-refractivity contribution in [1.82, 2.24) is 9.55 Å². The number of hydrogen-bond acceptors (Lipinski definition) is 3. The molecule has 4 nitrogen and oxygen atoms in total. The first-order chi connectivity index (χ1) is 13.2. The summed E-state index contributed by atoms with van der Waals surface area (Å²) in [6, 6.07) is 13.6. The zero-order valence-corrected chi connectivity index (χ0v) is 15.4. The highest BCUT2D eigenvalue weighted by Crippen LogP contribution is 2.39. The molecule has 4 rings (SSSR count). The molecule has 0 atom stereocenters. The van der Waals surface area contributed by atoms with E-state index in [1.165, 1.54) is 0 Å². The monoisotopic (exact) mass is 356 g/mol. The first kappa shape index (κ1) is 17.0. The van der Waals surface area contributed by atoms with E-state index in [1.807, 2.05) is 49.5 Å². The normalized spacial score (nSPS) is 11.0. The van der Waals surface area contributed by atoms with Crippen LogP contribution >= 0.6 is 0 Å². The largest absolute Gasteiger partial charge is 0.496 e. The van der Waals surface area contributed by atoms with Crippen LogP contribution in [0.15, 0.2) is 61.3 Å². The van der Waals surface area contributed by atoms with Gasteiger partial charge in [-0.05, 0) is 24.6 Å². The summed E-state index contributed by atoms with van der Waals surface area (Å²) in [5.74, 6) is 0.849. The van der Waals surface area contributed by atoms with Gasteiger partial charge in [-0.1, -0.05) is 30.3 Å². The molecule has 0 bridgehead atoms. The molecule has 27 heavy (non-hydrogen) atoms. The first-order valence-corrected chi connectivity index (χ1v) is 8.79. The Kier molecular flexibility index (Phi) is 4.24. The van der Waals surface area contributed by atoms with Crippen molar-refractivity contribution >= 4 is 28.1 Å². The van der Waals surface area contributed by atoms with Gasteiger partial charge in [0.1, 0.15) is 5.75 Å². The number of pyridine rings is 1. The van der Waals surface area contributed by atoms with Gasteiger partial charge in [0.2, 0.25) is 0 Å². The fourth-order valence-corrected chi connectivity index (χ4v) is 3.86. The molecule has 0 aliphatic rings. The molecule has 2 heterocycles. The molecule has 0 aliphatic carbocycles. The van der Waals surface area contributed by atoms with Gasteiger partial charge in [0.05, 0.1) is 18.3 Å². The van der Waals surface area contributed by atoms with Crippen LogP contribution in [0, 0.1) is 0 Å². The van der Waals surface area contributed by atoms with Gasteiger partial charge in [-0.15, -0.1) is 6.58 Å². The molecule has 134 valence electrons. The van der Waals surface area contributed by atoms with Crippen LogP contribution in [-0.4, -0.2) is 22.9 Å². The number of benzene rings is 2. The van der Waals surface area contributed by atoms with E-state index in [4.69, 9.17) is 4.74 Å². The summed E-state index contributed by atoms with van der Waals surface area (Å²) in [5, 5.41) is 2.23. The van der Waals surface area contributed by atoms with E-state index in [1.54, 1.807) is 13.3 Å².